The molecule has 4 heteroatoms. The predicted octanol–water partition coefficient (Wildman–Crippen LogP) is 2.13. The predicted molar refractivity (Wildman–Crippen MR) is 86.0 cm³/mol. The highest BCUT2D eigenvalue weighted by atomic mass is 35.5. The number of halogens is 1. The molecule has 1 N–H and O–H groups in total. The highest BCUT2D eigenvalue weighted by molar-refractivity contribution is 5.93. The van der Waals surface area contributed by atoms with Crippen molar-refractivity contribution in [3.8, 4) is 0 Å². The van der Waals surface area contributed by atoms with Gasteiger partial charge in [-0.1, -0.05) is 36.4 Å². The van der Waals surface area contributed by atoms with Crippen molar-refractivity contribution in [2.45, 2.75) is 6.42 Å². The van der Waals surface area contributed by atoms with Crippen molar-refractivity contribution in [2.75, 3.05) is 39.8 Å². The molecule has 0 atom stereocenters. The van der Waals surface area contributed by atoms with Crippen LogP contribution in [0.15, 0.2) is 36.4 Å². The highest BCUT2D eigenvalue weighted by Crippen LogP contribution is 2.07. The molecule has 0 spiro atoms. The number of quaternary nitrogens is 1. The third-order valence-corrected chi connectivity index (χ3v) is 3.82. The fourth-order valence-corrected chi connectivity index (χ4v) is 2.38. The van der Waals surface area contributed by atoms with Gasteiger partial charge in [0.25, 0.3) is 0 Å². The molecule has 1 heterocycles. The van der Waals surface area contributed by atoms with E-state index in [-0.39, 0.29) is 18.2 Å². The Labute approximate surface area is 127 Å². The second kappa shape index (κ2) is 8.20. The molecule has 1 aliphatic rings. The molecule has 0 saturated carbocycles. The average Bonchev–Trinajstić information content (AvgIpc) is 2.45. The summed E-state index contributed by atoms with van der Waals surface area (Å²) in [7, 11) is 2.25. The number of hydrogen-bond acceptors (Lipinski definition) is 2. The van der Waals surface area contributed by atoms with Gasteiger partial charge in [0.2, 0.25) is 0 Å². The monoisotopic (exact) mass is 295 g/mol. The lowest BCUT2D eigenvalue weighted by atomic mass is 10.1. The van der Waals surface area contributed by atoms with E-state index in [1.807, 2.05) is 36.4 Å². The van der Waals surface area contributed by atoms with Gasteiger partial charge in [0.1, 0.15) is 0 Å². The number of piperazine rings is 1. The minimum Gasteiger partial charge on any atom is -0.324 e. The van der Waals surface area contributed by atoms with Crippen molar-refractivity contribution < 1.29 is 9.28 Å². The van der Waals surface area contributed by atoms with Crippen molar-refractivity contribution in [1.29, 1.82) is 0 Å². The summed E-state index contributed by atoms with van der Waals surface area (Å²) in [4.78, 5) is 11.9. The molecule has 1 aromatic rings. The topological polar surface area (TPSA) is 29.1 Å². The van der Waals surface area contributed by atoms with Crippen LogP contribution in [0.5, 0.6) is 0 Å². The molecule has 1 fully saturated rings. The van der Waals surface area contributed by atoms with Gasteiger partial charge in [-0.25, -0.2) is 0 Å². The van der Waals surface area contributed by atoms with Crippen LogP contribution in [0.25, 0.3) is 6.08 Å². The first-order valence-electron chi connectivity index (χ1n) is 6.98. The number of allylic oxidation sites excluding steroid dienone is 1. The van der Waals surface area contributed by atoms with Crippen molar-refractivity contribution in [2.24, 2.45) is 0 Å². The van der Waals surface area contributed by atoms with Crippen molar-refractivity contribution in [3.63, 3.8) is 0 Å². The summed E-state index contributed by atoms with van der Waals surface area (Å²) in [6, 6.07) is 9.96. The van der Waals surface area contributed by atoms with E-state index in [0.717, 1.165) is 42.8 Å². The van der Waals surface area contributed by atoms with Crippen molar-refractivity contribution in [1.82, 2.24) is 5.32 Å². The number of benzene rings is 1. The van der Waals surface area contributed by atoms with Crippen LogP contribution in [-0.4, -0.2) is 50.0 Å². The number of ketones is 1. The molecule has 0 bridgehead atoms. The van der Waals surface area contributed by atoms with Crippen LogP contribution in [0.3, 0.4) is 0 Å². The van der Waals surface area contributed by atoms with E-state index in [9.17, 15) is 4.79 Å². The molecule has 1 aromatic carbocycles. The van der Waals surface area contributed by atoms with Crippen molar-refractivity contribution in [3.05, 3.63) is 42.0 Å². The van der Waals surface area contributed by atoms with Gasteiger partial charge >= 0.3 is 0 Å². The largest absolute Gasteiger partial charge is 0.324 e. The molecule has 0 amide bonds. The molecule has 110 valence electrons. The number of rotatable bonds is 5. The third kappa shape index (κ3) is 5.45. The third-order valence-electron chi connectivity index (χ3n) is 3.82. The normalized spacial score (nSPS) is 17.6. The van der Waals surface area contributed by atoms with Gasteiger partial charge in [-0.3, -0.25) is 4.79 Å². The van der Waals surface area contributed by atoms with E-state index >= 15 is 0 Å². The molecule has 2 rings (SSSR count). The Kier molecular flexibility index (Phi) is 6.93. The van der Waals surface area contributed by atoms with Crippen LogP contribution in [0.4, 0.5) is 0 Å². The quantitative estimate of drug-likeness (QED) is 0.666. The molecule has 3 nitrogen and oxygen atoms in total. The number of carbonyl (C=O) groups excluding carboxylic acids is 1. The Morgan fingerprint density at radius 2 is 1.90 bits per heavy atom. The standard InChI is InChI=1S/C16H23N2O.ClH/c1-18(13-10-17-11-14-18)12-9-16(19)8-7-15-5-3-2-4-6-15;/h2-8,17H,9-14H2,1H3;1H/q+1;/b8-7+;. The lowest BCUT2D eigenvalue weighted by molar-refractivity contribution is -0.910. The molecule has 1 saturated heterocycles. The second-order valence-corrected chi connectivity index (χ2v) is 5.50. The van der Waals surface area contributed by atoms with Gasteiger partial charge in [0, 0.05) is 13.1 Å². The van der Waals surface area contributed by atoms with Crippen LogP contribution in [0, 0.1) is 0 Å². The summed E-state index contributed by atoms with van der Waals surface area (Å²) < 4.78 is 1.01. The highest BCUT2D eigenvalue weighted by Gasteiger charge is 2.24. The number of hydrogen-bond donors (Lipinski definition) is 1. The minimum absolute atomic E-state index is 0. The van der Waals surface area contributed by atoms with Gasteiger partial charge < -0.3 is 9.80 Å². The lowest BCUT2D eigenvalue weighted by Crippen LogP contribution is -2.56. The first kappa shape index (κ1) is 16.9. The Bertz CT molecular complexity index is 439. The maximum atomic E-state index is 11.9. The van der Waals surface area contributed by atoms with E-state index < -0.39 is 0 Å². The molecule has 0 radical (unpaired) electrons. The molecular weight excluding hydrogens is 272 g/mol. The molecule has 0 unspecified atom stereocenters. The fourth-order valence-electron chi connectivity index (χ4n) is 2.38. The van der Waals surface area contributed by atoms with Gasteiger partial charge in [-0.2, -0.15) is 0 Å². The lowest BCUT2D eigenvalue weighted by Gasteiger charge is -2.37. The summed E-state index contributed by atoms with van der Waals surface area (Å²) in [6.45, 7) is 5.31. The minimum atomic E-state index is 0. The number of carbonyl (C=O) groups is 1. The van der Waals surface area contributed by atoms with Gasteiger partial charge in [0.05, 0.1) is 33.1 Å². The number of nitrogens with one attached hydrogen (secondary N) is 1. The van der Waals surface area contributed by atoms with Crippen LogP contribution >= 0.6 is 12.4 Å². The van der Waals surface area contributed by atoms with E-state index in [1.165, 1.54) is 0 Å². The molecular formula is C16H24ClN2O+. The summed E-state index contributed by atoms with van der Waals surface area (Å²) in [5.74, 6) is 0.224. The number of nitrogens with zero attached hydrogens (tertiary/aromatic N) is 1. The van der Waals surface area contributed by atoms with Gasteiger partial charge in [-0.05, 0) is 11.6 Å². The second-order valence-electron chi connectivity index (χ2n) is 5.50. The molecule has 20 heavy (non-hydrogen) atoms. The van der Waals surface area contributed by atoms with E-state index in [2.05, 4.69) is 12.4 Å². The first-order valence-corrected chi connectivity index (χ1v) is 6.98. The molecule has 0 aromatic heterocycles. The van der Waals surface area contributed by atoms with Gasteiger partial charge in [-0.15, -0.1) is 12.4 Å². The van der Waals surface area contributed by atoms with E-state index in [1.54, 1.807) is 6.08 Å². The Morgan fingerprint density at radius 3 is 2.55 bits per heavy atom. The SMILES string of the molecule is C[N+]1(CCC(=O)/C=C/c2ccccc2)CCNCC1.Cl. The molecule has 0 aliphatic carbocycles. The average molecular weight is 296 g/mol. The Morgan fingerprint density at radius 1 is 1.25 bits per heavy atom. The fraction of sp³-hybridized carbons (Fsp3) is 0.438. The Balaban J connectivity index is 0.00000200. The summed E-state index contributed by atoms with van der Waals surface area (Å²) >= 11 is 0. The van der Waals surface area contributed by atoms with E-state index in [4.69, 9.17) is 0 Å². The van der Waals surface area contributed by atoms with Crippen molar-refractivity contribution >= 4 is 24.3 Å². The zero-order valence-electron chi connectivity index (χ0n) is 12.0. The summed E-state index contributed by atoms with van der Waals surface area (Å²) in [5, 5.41) is 3.36. The Hall–Kier alpha value is -1.16. The van der Waals surface area contributed by atoms with Crippen LogP contribution in [0.1, 0.15) is 12.0 Å². The first-order chi connectivity index (χ1) is 9.18. The smallest absolute Gasteiger partial charge is 0.161 e. The molecule has 1 aliphatic heterocycles. The van der Waals surface area contributed by atoms with E-state index in [0.29, 0.717) is 6.42 Å². The summed E-state index contributed by atoms with van der Waals surface area (Å²) in [6.07, 6.45) is 4.25. The maximum Gasteiger partial charge on any atom is 0.161 e. The van der Waals surface area contributed by atoms with Crippen LogP contribution in [0.2, 0.25) is 0 Å². The van der Waals surface area contributed by atoms with Gasteiger partial charge in [0.15, 0.2) is 5.78 Å². The number of likely N-dealkylation sites (N-methyl/N-ethyl adjacent to an activating group) is 1. The zero-order valence-corrected chi connectivity index (χ0v) is 12.9. The van der Waals surface area contributed by atoms with Crippen LogP contribution in [-0.2, 0) is 4.79 Å². The zero-order chi connectivity index (χ0) is 13.6. The maximum absolute atomic E-state index is 11.9. The van der Waals surface area contributed by atoms with Crippen LogP contribution < -0.4 is 5.32 Å². The summed E-state index contributed by atoms with van der Waals surface area (Å²) in [5.41, 5.74) is 1.08.